The van der Waals surface area contributed by atoms with Crippen molar-refractivity contribution >= 4 is 45.6 Å². The van der Waals surface area contributed by atoms with E-state index in [2.05, 4.69) is 72.7 Å². The number of aryl methyl sites for hydroxylation is 1. The Kier molecular flexibility index (Phi) is 8.89. The number of H-pyrrole nitrogens is 1. The summed E-state index contributed by atoms with van der Waals surface area (Å²) in [5.41, 5.74) is 9.67. The fraction of sp³-hybridized carbons (Fsp3) is 0.444. The summed E-state index contributed by atoms with van der Waals surface area (Å²) in [4.78, 5) is 46.4. The van der Waals surface area contributed by atoms with Crippen LogP contribution in [0.3, 0.4) is 0 Å². The highest BCUT2D eigenvalue weighted by Gasteiger charge is 2.48. The molecule has 0 bridgehead atoms. The van der Waals surface area contributed by atoms with Crippen LogP contribution < -0.4 is 15.1 Å². The van der Waals surface area contributed by atoms with Crippen LogP contribution in [0.4, 0.5) is 15.8 Å². The molecule has 1 atom stereocenters. The van der Waals surface area contributed by atoms with Crippen LogP contribution in [0, 0.1) is 28.6 Å². The summed E-state index contributed by atoms with van der Waals surface area (Å²) < 4.78 is 15.0. The van der Waals surface area contributed by atoms with Crippen LogP contribution >= 0.6 is 0 Å². The molecule has 3 saturated heterocycles. The Bertz CT molecular complexity index is 2360. The summed E-state index contributed by atoms with van der Waals surface area (Å²) in [5.74, 6) is -0.600. The third-order valence-electron chi connectivity index (χ3n) is 13.7. The first-order valence-corrected chi connectivity index (χ1v) is 20.7. The van der Waals surface area contributed by atoms with Gasteiger partial charge in [-0.2, -0.15) is 9.65 Å². The zero-order chi connectivity index (χ0) is 38.8. The quantitative estimate of drug-likeness (QED) is 0.221. The largest absolute Gasteiger partial charge is 0.372 e. The molecule has 4 fully saturated rings. The van der Waals surface area contributed by atoms with E-state index in [1.54, 1.807) is 4.90 Å². The third kappa shape index (κ3) is 6.36. The van der Waals surface area contributed by atoms with Crippen molar-refractivity contribution in [2.45, 2.75) is 70.4 Å². The van der Waals surface area contributed by atoms with Gasteiger partial charge in [-0.15, -0.1) is 5.10 Å². The lowest BCUT2D eigenvalue weighted by Gasteiger charge is -2.40. The molecule has 5 heterocycles. The van der Waals surface area contributed by atoms with Gasteiger partial charge in [0.1, 0.15) is 6.04 Å². The second-order valence-electron chi connectivity index (χ2n) is 16.9. The number of nitriles is 1. The average molecular weight is 767 g/mol. The van der Waals surface area contributed by atoms with Gasteiger partial charge in [0, 0.05) is 75.7 Å². The van der Waals surface area contributed by atoms with E-state index in [-0.39, 0.29) is 24.1 Å². The number of fused-ring (bicyclic) bond motifs is 4. The van der Waals surface area contributed by atoms with Gasteiger partial charge in [0.05, 0.1) is 22.4 Å². The van der Waals surface area contributed by atoms with E-state index in [0.29, 0.717) is 35.3 Å². The molecular weight excluding hydrogens is 720 g/mol. The Morgan fingerprint density at radius 1 is 0.842 bits per heavy atom. The number of amides is 3. The van der Waals surface area contributed by atoms with Crippen LogP contribution in [0.25, 0.3) is 16.5 Å². The molecule has 4 aromatic rings. The molecule has 6 aliphatic rings. The first kappa shape index (κ1) is 35.8. The number of nitrogens with zero attached hydrogens (tertiary/aromatic N) is 6. The zero-order valence-corrected chi connectivity index (χ0v) is 32.2. The van der Waals surface area contributed by atoms with Gasteiger partial charge < -0.3 is 14.7 Å². The predicted molar refractivity (Wildman–Crippen MR) is 215 cm³/mol. The van der Waals surface area contributed by atoms with E-state index >= 15 is 0 Å². The van der Waals surface area contributed by atoms with E-state index in [4.69, 9.17) is 0 Å². The summed E-state index contributed by atoms with van der Waals surface area (Å²) in [6.45, 7) is 7.36. The first-order chi connectivity index (χ1) is 27.8. The van der Waals surface area contributed by atoms with Gasteiger partial charge in [0.2, 0.25) is 17.8 Å². The Hall–Kier alpha value is -5.54. The van der Waals surface area contributed by atoms with Crippen LogP contribution in [-0.2, 0) is 22.6 Å². The van der Waals surface area contributed by atoms with Gasteiger partial charge in [-0.05, 0) is 127 Å². The molecular formula is C45H47FN8O3. The molecule has 0 radical (unpaired) electrons. The van der Waals surface area contributed by atoms with Crippen molar-refractivity contribution in [3.8, 4) is 6.07 Å². The van der Waals surface area contributed by atoms with Gasteiger partial charge in [-0.25, -0.2) is 0 Å². The minimum Gasteiger partial charge on any atom is -0.372 e. The molecule has 12 heteroatoms. The highest BCUT2D eigenvalue weighted by molar-refractivity contribution is 6.05. The number of halogens is 1. The van der Waals surface area contributed by atoms with Gasteiger partial charge in [0.25, 0.3) is 5.91 Å². The normalized spacial score (nSPS) is 22.7. The lowest BCUT2D eigenvalue weighted by Crippen LogP contribution is -2.52. The standard InChI is InChI=1S/C45H47FN8O3/c46-42-41-34-2-1-3-36(45(27-47)16-17-45)40(35(34)10-11-37(41)49-50-42)29-4-6-31(7-5-29)52-18-14-28(15-19-52)25-51-20-22-53(23-21-51)32-8-9-33-30(24-32)26-54(44(33)57)38-12-13-39(55)48-43(38)56/h4-11,24,28,38H,1-3,12-23,25-26H2,(H,49,50)(H,48,55,56)/t38-/m0/s1. The van der Waals surface area contributed by atoms with Crippen LogP contribution in [0.5, 0.6) is 0 Å². The van der Waals surface area contributed by atoms with Crippen LogP contribution in [0.2, 0.25) is 0 Å². The van der Waals surface area contributed by atoms with Crippen molar-refractivity contribution in [3.63, 3.8) is 0 Å². The molecule has 2 aliphatic carbocycles. The molecule has 0 unspecified atom stereocenters. The van der Waals surface area contributed by atoms with Crippen LogP contribution in [0.1, 0.15) is 84.0 Å². The van der Waals surface area contributed by atoms with Crippen molar-refractivity contribution in [3.05, 3.63) is 93.9 Å². The molecule has 4 aliphatic heterocycles. The van der Waals surface area contributed by atoms with E-state index in [1.807, 2.05) is 18.2 Å². The summed E-state index contributed by atoms with van der Waals surface area (Å²) in [5, 5.41) is 20.0. The highest BCUT2D eigenvalue weighted by atomic mass is 19.1. The predicted octanol–water partition coefficient (Wildman–Crippen LogP) is 5.94. The van der Waals surface area contributed by atoms with Crippen molar-refractivity contribution in [2.24, 2.45) is 11.3 Å². The molecule has 3 amide bonds. The Balaban J connectivity index is 0.760. The molecule has 10 rings (SSSR count). The molecule has 1 aromatic heterocycles. The van der Waals surface area contributed by atoms with E-state index in [0.717, 1.165) is 124 Å². The fourth-order valence-electron chi connectivity index (χ4n) is 10.3. The summed E-state index contributed by atoms with van der Waals surface area (Å²) in [6.07, 6.45) is 7.15. The smallest absolute Gasteiger partial charge is 0.255 e. The average Bonchev–Trinajstić information content (AvgIpc) is 3.90. The Labute approximate surface area is 331 Å². The maximum absolute atomic E-state index is 15.0. The molecule has 1 saturated carbocycles. The van der Waals surface area contributed by atoms with Gasteiger partial charge in [-0.3, -0.25) is 29.7 Å². The highest BCUT2D eigenvalue weighted by Crippen LogP contribution is 2.57. The molecule has 2 N–H and O–H groups in total. The topological polar surface area (TPSA) is 129 Å². The summed E-state index contributed by atoms with van der Waals surface area (Å²) in [6, 6.07) is 21.0. The fourth-order valence-corrected chi connectivity index (χ4v) is 10.3. The molecule has 292 valence electrons. The number of anilines is 2. The number of piperazine rings is 1. The molecule has 57 heavy (non-hydrogen) atoms. The van der Waals surface area contributed by atoms with Gasteiger partial charge in [0.15, 0.2) is 0 Å². The zero-order valence-electron chi connectivity index (χ0n) is 32.2. The number of aromatic nitrogens is 2. The van der Waals surface area contributed by atoms with Crippen molar-refractivity contribution in [1.82, 2.24) is 25.3 Å². The van der Waals surface area contributed by atoms with E-state index in [9.17, 15) is 24.0 Å². The van der Waals surface area contributed by atoms with Crippen molar-refractivity contribution in [2.75, 3.05) is 55.6 Å². The number of aromatic amines is 1. The van der Waals surface area contributed by atoms with Crippen LogP contribution in [-0.4, -0.2) is 89.6 Å². The van der Waals surface area contributed by atoms with E-state index < -0.39 is 17.4 Å². The number of imide groups is 1. The SMILES string of the molecule is N#CC1(C2=C(c3ccc(N4CCC(CN5CCN(c6ccc7c(c6)CN([C@H]6CCC(=O)NC6=O)C7=O)CC5)CC4)cc3)c3ccc4[nH]nc(F)c4c3CCC2)CC1. The number of rotatable bonds is 7. The summed E-state index contributed by atoms with van der Waals surface area (Å²) in [7, 11) is 0. The summed E-state index contributed by atoms with van der Waals surface area (Å²) >= 11 is 0. The lowest BCUT2D eigenvalue weighted by atomic mass is 9.83. The van der Waals surface area contributed by atoms with Gasteiger partial charge >= 0.3 is 0 Å². The number of benzene rings is 3. The second kappa shape index (κ2) is 14.1. The van der Waals surface area contributed by atoms with Crippen molar-refractivity contribution < 1.29 is 18.8 Å². The van der Waals surface area contributed by atoms with Gasteiger partial charge in [-0.1, -0.05) is 18.2 Å². The Morgan fingerprint density at radius 2 is 1.58 bits per heavy atom. The number of allylic oxidation sites excluding steroid dienone is 1. The molecule has 3 aromatic carbocycles. The van der Waals surface area contributed by atoms with E-state index in [1.165, 1.54) is 11.3 Å². The van der Waals surface area contributed by atoms with Crippen molar-refractivity contribution in [1.29, 1.82) is 5.26 Å². The van der Waals surface area contributed by atoms with Crippen LogP contribution in [0.15, 0.2) is 60.2 Å². The maximum atomic E-state index is 15.0. The first-order valence-electron chi connectivity index (χ1n) is 20.7. The third-order valence-corrected chi connectivity index (χ3v) is 13.7. The number of piperidine rings is 2. The number of carbonyl (C=O) groups excluding carboxylic acids is 3. The minimum atomic E-state index is -0.599. The Morgan fingerprint density at radius 3 is 2.32 bits per heavy atom. The number of hydrogen-bond donors (Lipinski definition) is 2. The minimum absolute atomic E-state index is 0.134. The monoisotopic (exact) mass is 766 g/mol. The molecule has 0 spiro atoms. The number of nitrogens with one attached hydrogen (secondary N) is 2. The molecule has 11 nitrogen and oxygen atoms in total. The lowest BCUT2D eigenvalue weighted by molar-refractivity contribution is -0.136. The number of carbonyl (C=O) groups is 3. The maximum Gasteiger partial charge on any atom is 0.255 e. The second-order valence-corrected chi connectivity index (χ2v) is 16.9. The number of hydrogen-bond acceptors (Lipinski definition) is 8.